The molecule has 152 valence electrons. The van der Waals surface area contributed by atoms with Crippen molar-refractivity contribution in [1.82, 2.24) is 15.8 Å². The molecule has 1 aliphatic heterocycles. The zero-order valence-corrected chi connectivity index (χ0v) is 17.7. The van der Waals surface area contributed by atoms with E-state index in [0.717, 1.165) is 35.4 Å². The van der Waals surface area contributed by atoms with Gasteiger partial charge in [-0.25, -0.2) is 5.43 Å². The predicted molar refractivity (Wildman–Crippen MR) is 116 cm³/mol. The second kappa shape index (κ2) is 9.25. The minimum absolute atomic E-state index is 0.120. The molecular formula is C23H26ClN3O2. The molecule has 1 heterocycles. The summed E-state index contributed by atoms with van der Waals surface area (Å²) in [5.74, 6) is -0.413. The van der Waals surface area contributed by atoms with Crippen LogP contribution in [0.15, 0.2) is 54.2 Å². The summed E-state index contributed by atoms with van der Waals surface area (Å²) in [5, 5.41) is 5.50. The molecule has 0 aromatic heterocycles. The lowest BCUT2D eigenvalue weighted by Crippen LogP contribution is -2.42. The van der Waals surface area contributed by atoms with Crippen LogP contribution in [0.5, 0.6) is 0 Å². The maximum Gasteiger partial charge on any atom is 0.254 e. The molecule has 2 aromatic rings. The molecule has 0 saturated heterocycles. The number of nitrogens with zero attached hydrogens (tertiary/aromatic N) is 1. The Balaban J connectivity index is 2.00. The number of rotatable bonds is 7. The van der Waals surface area contributed by atoms with Gasteiger partial charge in [-0.1, -0.05) is 61.0 Å². The summed E-state index contributed by atoms with van der Waals surface area (Å²) in [4.78, 5) is 25.6. The highest BCUT2D eigenvalue weighted by Crippen LogP contribution is 2.35. The molecule has 5 nitrogen and oxygen atoms in total. The Morgan fingerprint density at radius 1 is 1.14 bits per heavy atom. The molecule has 0 unspecified atom stereocenters. The summed E-state index contributed by atoms with van der Waals surface area (Å²) in [5.41, 5.74) is 7.14. The fourth-order valence-corrected chi connectivity index (χ4v) is 3.77. The quantitative estimate of drug-likeness (QED) is 0.715. The highest BCUT2D eigenvalue weighted by atomic mass is 35.5. The molecule has 1 atom stereocenters. The Morgan fingerprint density at radius 3 is 2.52 bits per heavy atom. The van der Waals surface area contributed by atoms with Gasteiger partial charge in [0.25, 0.3) is 5.91 Å². The van der Waals surface area contributed by atoms with Gasteiger partial charge in [0.1, 0.15) is 6.04 Å². The van der Waals surface area contributed by atoms with Gasteiger partial charge in [0, 0.05) is 17.3 Å². The van der Waals surface area contributed by atoms with E-state index in [0.29, 0.717) is 17.1 Å². The third-order valence-electron chi connectivity index (χ3n) is 5.07. The minimum atomic E-state index is -0.703. The van der Waals surface area contributed by atoms with Crippen LogP contribution in [0.4, 0.5) is 0 Å². The molecule has 0 fully saturated rings. The van der Waals surface area contributed by atoms with Gasteiger partial charge < -0.3 is 10.3 Å². The van der Waals surface area contributed by atoms with Crippen LogP contribution in [0.1, 0.15) is 49.9 Å². The second-order valence-corrected chi connectivity index (χ2v) is 7.56. The lowest BCUT2D eigenvalue weighted by molar-refractivity contribution is -0.124. The van der Waals surface area contributed by atoms with E-state index in [9.17, 15) is 9.59 Å². The van der Waals surface area contributed by atoms with Crippen molar-refractivity contribution in [2.45, 2.75) is 39.8 Å². The summed E-state index contributed by atoms with van der Waals surface area (Å²) in [6, 6.07) is 14.2. The monoisotopic (exact) mass is 411 g/mol. The topological polar surface area (TPSA) is 61.4 Å². The Bertz CT molecular complexity index is 940. The second-order valence-electron chi connectivity index (χ2n) is 7.15. The first-order chi connectivity index (χ1) is 13.9. The number of halogens is 1. The third kappa shape index (κ3) is 4.52. The smallest absolute Gasteiger partial charge is 0.254 e. The first kappa shape index (κ1) is 21.1. The molecule has 0 saturated carbocycles. The standard InChI is InChI=1S/C23H26ClN3O2/c1-4-13-25-27-14-19-18(11-8-12-20(19)24)21(15(27)2)23(29)26-22(16(3)28)17-9-6-5-7-10-17/h5-12,22,25H,4,13-14H2,1-3H3,(H,26,29)/t22-/m1/s1. The molecule has 3 rings (SSSR count). The van der Waals surface area contributed by atoms with Crippen LogP contribution >= 0.6 is 11.6 Å². The van der Waals surface area contributed by atoms with Gasteiger partial charge in [-0.2, -0.15) is 0 Å². The zero-order chi connectivity index (χ0) is 21.0. The van der Waals surface area contributed by atoms with E-state index >= 15 is 0 Å². The van der Waals surface area contributed by atoms with E-state index < -0.39 is 6.04 Å². The average molecular weight is 412 g/mol. The number of hydrogen-bond donors (Lipinski definition) is 2. The minimum Gasteiger partial charge on any atom is -0.338 e. The molecule has 1 aliphatic rings. The van der Waals surface area contributed by atoms with Crippen LogP contribution in [-0.4, -0.2) is 23.2 Å². The van der Waals surface area contributed by atoms with Crippen molar-refractivity contribution >= 4 is 28.9 Å². The molecule has 29 heavy (non-hydrogen) atoms. The van der Waals surface area contributed by atoms with Crippen molar-refractivity contribution in [2.75, 3.05) is 6.54 Å². The number of nitrogens with one attached hydrogen (secondary N) is 2. The van der Waals surface area contributed by atoms with E-state index in [-0.39, 0.29) is 11.7 Å². The van der Waals surface area contributed by atoms with Gasteiger partial charge in [0.05, 0.1) is 12.1 Å². The average Bonchev–Trinajstić information content (AvgIpc) is 2.71. The lowest BCUT2D eigenvalue weighted by atomic mass is 9.93. The fourth-order valence-electron chi connectivity index (χ4n) is 3.54. The third-order valence-corrected chi connectivity index (χ3v) is 5.42. The Morgan fingerprint density at radius 2 is 1.86 bits per heavy atom. The number of Topliss-reactive ketones (excluding diaryl/α,β-unsaturated/α-hetero) is 1. The van der Waals surface area contributed by atoms with E-state index in [1.165, 1.54) is 6.92 Å². The van der Waals surface area contributed by atoms with Crippen molar-refractivity contribution in [3.8, 4) is 0 Å². The van der Waals surface area contributed by atoms with Crippen LogP contribution < -0.4 is 10.7 Å². The summed E-state index contributed by atoms with van der Waals surface area (Å²) in [6.07, 6.45) is 0.959. The van der Waals surface area contributed by atoms with Crippen LogP contribution in [-0.2, 0) is 16.1 Å². The molecule has 0 spiro atoms. The number of allylic oxidation sites excluding steroid dienone is 1. The maximum absolute atomic E-state index is 13.4. The lowest BCUT2D eigenvalue weighted by Gasteiger charge is -2.34. The van der Waals surface area contributed by atoms with Gasteiger partial charge in [-0.05, 0) is 43.0 Å². The SMILES string of the molecule is CCCNN1Cc2c(Cl)cccc2C(C(=O)N[C@H](C(C)=O)c2ccccc2)=C1C. The molecular weight excluding hydrogens is 386 g/mol. The number of carbonyl (C=O) groups excluding carboxylic acids is 2. The molecule has 0 aliphatic carbocycles. The summed E-state index contributed by atoms with van der Waals surface area (Å²) in [6.45, 7) is 6.84. The maximum atomic E-state index is 13.4. The van der Waals surface area contributed by atoms with Gasteiger partial charge in [0.15, 0.2) is 5.78 Å². The van der Waals surface area contributed by atoms with E-state index in [4.69, 9.17) is 11.6 Å². The molecule has 0 radical (unpaired) electrons. The van der Waals surface area contributed by atoms with Crippen molar-refractivity contribution in [1.29, 1.82) is 0 Å². The van der Waals surface area contributed by atoms with Crippen molar-refractivity contribution in [3.63, 3.8) is 0 Å². The van der Waals surface area contributed by atoms with Crippen molar-refractivity contribution in [3.05, 3.63) is 75.9 Å². The first-order valence-corrected chi connectivity index (χ1v) is 10.2. The van der Waals surface area contributed by atoms with E-state index in [2.05, 4.69) is 17.7 Å². The summed E-state index contributed by atoms with van der Waals surface area (Å²) in [7, 11) is 0. The molecule has 1 amide bonds. The van der Waals surface area contributed by atoms with Gasteiger partial charge in [0.2, 0.25) is 0 Å². The number of ketones is 1. The van der Waals surface area contributed by atoms with Crippen LogP contribution in [0.25, 0.3) is 5.57 Å². The molecule has 0 bridgehead atoms. The van der Waals surface area contributed by atoms with Crippen LogP contribution in [0, 0.1) is 0 Å². The largest absolute Gasteiger partial charge is 0.338 e. The normalized spacial score (nSPS) is 14.4. The fraction of sp³-hybridized carbons (Fsp3) is 0.304. The summed E-state index contributed by atoms with van der Waals surface area (Å²) >= 11 is 6.45. The van der Waals surface area contributed by atoms with Crippen molar-refractivity contribution in [2.24, 2.45) is 0 Å². The zero-order valence-electron chi connectivity index (χ0n) is 17.0. The first-order valence-electron chi connectivity index (χ1n) is 9.80. The van der Waals surface area contributed by atoms with Gasteiger partial charge in [-0.15, -0.1) is 0 Å². The Labute approximate surface area is 176 Å². The van der Waals surface area contributed by atoms with Gasteiger partial charge in [-0.3, -0.25) is 9.59 Å². The number of hydrogen-bond acceptors (Lipinski definition) is 4. The number of fused-ring (bicyclic) bond motifs is 1. The molecule has 6 heteroatoms. The van der Waals surface area contributed by atoms with Crippen molar-refractivity contribution < 1.29 is 9.59 Å². The summed E-state index contributed by atoms with van der Waals surface area (Å²) < 4.78 is 0. The van der Waals surface area contributed by atoms with Gasteiger partial charge >= 0.3 is 0 Å². The van der Waals surface area contributed by atoms with Crippen LogP contribution in [0.3, 0.4) is 0 Å². The van der Waals surface area contributed by atoms with Crippen LogP contribution in [0.2, 0.25) is 5.02 Å². The molecule has 2 N–H and O–H groups in total. The number of benzene rings is 2. The Hall–Kier alpha value is -2.63. The number of carbonyl (C=O) groups is 2. The van der Waals surface area contributed by atoms with E-state index in [1.54, 1.807) is 0 Å². The number of hydrazine groups is 1. The highest BCUT2D eigenvalue weighted by molar-refractivity contribution is 6.32. The molecule has 2 aromatic carbocycles. The number of amides is 1. The Kier molecular flexibility index (Phi) is 6.72. The highest BCUT2D eigenvalue weighted by Gasteiger charge is 2.30. The predicted octanol–water partition coefficient (Wildman–Crippen LogP) is 4.25. The van der Waals surface area contributed by atoms with E-state index in [1.807, 2.05) is 60.5 Å².